The Labute approximate surface area is 114 Å². The molecule has 1 heterocycles. The van der Waals surface area contributed by atoms with E-state index in [0.29, 0.717) is 17.6 Å². The van der Waals surface area contributed by atoms with Gasteiger partial charge in [-0.2, -0.15) is 13.2 Å². The summed E-state index contributed by atoms with van der Waals surface area (Å²) in [6.45, 7) is 0.815. The Morgan fingerprint density at radius 3 is 2.55 bits per heavy atom. The summed E-state index contributed by atoms with van der Waals surface area (Å²) < 4.78 is 38.4. The van der Waals surface area contributed by atoms with E-state index in [1.54, 1.807) is 0 Å². The van der Waals surface area contributed by atoms with E-state index in [1.807, 2.05) is 4.90 Å². The van der Waals surface area contributed by atoms with E-state index in [0.717, 1.165) is 37.9 Å². The van der Waals surface area contributed by atoms with Gasteiger partial charge in [-0.15, -0.1) is 0 Å². The maximum atomic E-state index is 12.8. The van der Waals surface area contributed by atoms with Gasteiger partial charge in [-0.05, 0) is 43.4 Å². The van der Waals surface area contributed by atoms with Crippen molar-refractivity contribution in [2.24, 2.45) is 5.92 Å². The smallest absolute Gasteiger partial charge is 0.417 e. The quantitative estimate of drug-likeness (QED) is 0.905. The van der Waals surface area contributed by atoms with Crippen LogP contribution in [0.5, 0.6) is 0 Å². The third-order valence-corrected chi connectivity index (χ3v) is 4.28. The third kappa shape index (κ3) is 2.13. The van der Waals surface area contributed by atoms with Gasteiger partial charge in [-0.25, -0.2) is 4.79 Å². The van der Waals surface area contributed by atoms with Gasteiger partial charge in [-0.3, -0.25) is 0 Å². The van der Waals surface area contributed by atoms with Gasteiger partial charge in [0.1, 0.15) is 0 Å². The number of anilines is 1. The van der Waals surface area contributed by atoms with E-state index < -0.39 is 23.3 Å². The molecule has 2 aliphatic rings. The van der Waals surface area contributed by atoms with Gasteiger partial charge in [0.25, 0.3) is 0 Å². The van der Waals surface area contributed by atoms with E-state index >= 15 is 0 Å². The molecule has 20 heavy (non-hydrogen) atoms. The maximum absolute atomic E-state index is 12.8. The van der Waals surface area contributed by atoms with Crippen LogP contribution < -0.4 is 4.90 Å². The van der Waals surface area contributed by atoms with Crippen molar-refractivity contribution >= 4 is 11.7 Å². The lowest BCUT2D eigenvalue weighted by molar-refractivity contribution is -0.138. The molecule has 1 aliphatic carbocycles. The third-order valence-electron chi connectivity index (χ3n) is 4.28. The van der Waals surface area contributed by atoms with Crippen LogP contribution in [-0.2, 0) is 6.18 Å². The maximum Gasteiger partial charge on any atom is 0.417 e. The summed E-state index contributed by atoms with van der Waals surface area (Å²) in [5, 5.41) is 9.01. The van der Waals surface area contributed by atoms with Crippen LogP contribution in [0.2, 0.25) is 0 Å². The molecule has 2 bridgehead atoms. The highest BCUT2D eigenvalue weighted by molar-refractivity contribution is 5.91. The topological polar surface area (TPSA) is 40.5 Å². The van der Waals surface area contributed by atoms with Crippen LogP contribution in [0.25, 0.3) is 0 Å². The average molecular weight is 285 g/mol. The number of carboxylic acid groups (broad SMARTS) is 1. The molecule has 3 nitrogen and oxygen atoms in total. The molecular weight excluding hydrogens is 271 g/mol. The molecule has 1 aromatic carbocycles. The molecule has 0 amide bonds. The Bertz CT molecular complexity index is 556. The van der Waals surface area contributed by atoms with Gasteiger partial charge in [-0.1, -0.05) is 0 Å². The Morgan fingerprint density at radius 2 is 2.05 bits per heavy atom. The van der Waals surface area contributed by atoms with Gasteiger partial charge in [0.2, 0.25) is 0 Å². The number of hydrogen-bond donors (Lipinski definition) is 1. The molecule has 1 N–H and O–H groups in total. The first-order valence-corrected chi connectivity index (χ1v) is 6.57. The van der Waals surface area contributed by atoms with Crippen molar-refractivity contribution in [1.82, 2.24) is 0 Å². The second kappa shape index (κ2) is 4.40. The first-order valence-electron chi connectivity index (χ1n) is 6.57. The number of aromatic carboxylic acids is 1. The summed E-state index contributed by atoms with van der Waals surface area (Å²) in [6, 6.07) is 3.77. The molecule has 1 aliphatic heterocycles. The summed E-state index contributed by atoms with van der Waals surface area (Å²) >= 11 is 0. The summed E-state index contributed by atoms with van der Waals surface area (Å²) in [5.74, 6) is -0.945. The fourth-order valence-corrected chi connectivity index (χ4v) is 3.38. The lowest BCUT2D eigenvalue weighted by atomic mass is 10.0. The van der Waals surface area contributed by atoms with Crippen molar-refractivity contribution in [2.45, 2.75) is 31.5 Å². The number of nitrogens with zero attached hydrogens (tertiary/aromatic N) is 1. The monoisotopic (exact) mass is 285 g/mol. The highest BCUT2D eigenvalue weighted by Crippen LogP contribution is 2.41. The number of carboxylic acids is 1. The predicted octanol–water partition coefficient (Wildman–Crippen LogP) is 3.39. The molecule has 3 rings (SSSR count). The summed E-state index contributed by atoms with van der Waals surface area (Å²) in [7, 11) is 0. The molecule has 0 radical (unpaired) electrons. The summed E-state index contributed by atoms with van der Waals surface area (Å²) in [5.41, 5.74) is -1.17. The van der Waals surface area contributed by atoms with Gasteiger partial charge in [0, 0.05) is 18.3 Å². The Hall–Kier alpha value is -1.72. The normalized spacial score (nSPS) is 25.2. The van der Waals surface area contributed by atoms with Crippen molar-refractivity contribution in [2.75, 3.05) is 11.4 Å². The molecule has 1 saturated heterocycles. The first kappa shape index (κ1) is 13.3. The number of hydrogen-bond acceptors (Lipinski definition) is 2. The number of halogens is 3. The zero-order valence-electron chi connectivity index (χ0n) is 10.7. The molecule has 0 aromatic heterocycles. The van der Waals surface area contributed by atoms with Crippen LogP contribution in [0.3, 0.4) is 0 Å². The number of piperidine rings is 1. The zero-order chi connectivity index (χ0) is 14.5. The van der Waals surface area contributed by atoms with E-state index in [1.165, 1.54) is 6.07 Å². The molecule has 1 aromatic rings. The molecule has 0 spiro atoms. The van der Waals surface area contributed by atoms with Crippen molar-refractivity contribution in [3.8, 4) is 0 Å². The lowest BCUT2D eigenvalue weighted by Gasteiger charge is -2.29. The van der Waals surface area contributed by atoms with Crippen LogP contribution in [0, 0.1) is 5.92 Å². The number of carbonyl (C=O) groups is 1. The molecule has 1 saturated carbocycles. The second-order valence-electron chi connectivity index (χ2n) is 5.52. The molecule has 6 heteroatoms. The highest BCUT2D eigenvalue weighted by atomic mass is 19.4. The minimum Gasteiger partial charge on any atom is -0.478 e. The van der Waals surface area contributed by atoms with E-state index in [2.05, 4.69) is 0 Å². The zero-order valence-corrected chi connectivity index (χ0v) is 10.7. The molecule has 2 atom stereocenters. The number of rotatable bonds is 2. The predicted molar refractivity (Wildman–Crippen MR) is 66.9 cm³/mol. The fourth-order valence-electron chi connectivity index (χ4n) is 3.38. The van der Waals surface area contributed by atoms with E-state index in [-0.39, 0.29) is 0 Å². The first-order chi connectivity index (χ1) is 9.36. The molecule has 108 valence electrons. The largest absolute Gasteiger partial charge is 0.478 e. The number of alkyl halides is 3. The minimum absolute atomic E-state index is 0.346. The van der Waals surface area contributed by atoms with E-state index in [9.17, 15) is 18.0 Å². The second-order valence-corrected chi connectivity index (χ2v) is 5.52. The number of benzene rings is 1. The van der Waals surface area contributed by atoms with Crippen LogP contribution >= 0.6 is 0 Å². The van der Waals surface area contributed by atoms with Crippen LogP contribution in [0.4, 0.5) is 18.9 Å². The summed E-state index contributed by atoms with van der Waals surface area (Å²) in [4.78, 5) is 13.1. The molecule has 2 unspecified atom stereocenters. The standard InChI is InChI=1S/C14H14F3NO2/c15-14(16,17)12-4-3-10(6-11(12)13(19)20)18-7-8-1-2-9(18)5-8/h3-4,6,8-9H,1-2,5,7H2,(H,19,20). The van der Waals surface area contributed by atoms with E-state index in [4.69, 9.17) is 5.11 Å². The van der Waals surface area contributed by atoms with Crippen molar-refractivity contribution in [3.63, 3.8) is 0 Å². The van der Waals surface area contributed by atoms with Crippen molar-refractivity contribution < 1.29 is 23.1 Å². The lowest BCUT2D eigenvalue weighted by Crippen LogP contribution is -2.32. The number of fused-ring (bicyclic) bond motifs is 2. The van der Waals surface area contributed by atoms with Crippen molar-refractivity contribution in [1.29, 1.82) is 0 Å². The molecule has 2 fully saturated rings. The van der Waals surface area contributed by atoms with Gasteiger partial charge < -0.3 is 10.0 Å². The Balaban J connectivity index is 1.98. The Morgan fingerprint density at radius 1 is 1.30 bits per heavy atom. The van der Waals surface area contributed by atoms with Gasteiger partial charge in [0.15, 0.2) is 0 Å². The average Bonchev–Trinajstić information content (AvgIpc) is 2.99. The fraction of sp³-hybridized carbons (Fsp3) is 0.500. The van der Waals surface area contributed by atoms with Crippen molar-refractivity contribution in [3.05, 3.63) is 29.3 Å². The van der Waals surface area contributed by atoms with Crippen LogP contribution in [0.1, 0.15) is 35.2 Å². The van der Waals surface area contributed by atoms with Gasteiger partial charge in [0.05, 0.1) is 11.1 Å². The molecular formula is C14H14F3NO2. The highest BCUT2D eigenvalue weighted by Gasteiger charge is 2.39. The summed E-state index contributed by atoms with van der Waals surface area (Å²) in [6.07, 6.45) is -1.39. The minimum atomic E-state index is -4.64. The van der Waals surface area contributed by atoms with Crippen LogP contribution in [0.15, 0.2) is 18.2 Å². The Kier molecular flexibility index (Phi) is 2.92. The SMILES string of the molecule is O=C(O)c1cc(N2CC3CCC2C3)ccc1C(F)(F)F. The van der Waals surface area contributed by atoms with Gasteiger partial charge >= 0.3 is 12.1 Å². The van der Waals surface area contributed by atoms with Crippen LogP contribution in [-0.4, -0.2) is 23.7 Å².